The van der Waals surface area contributed by atoms with Crippen LogP contribution < -0.4 is 11.1 Å². The van der Waals surface area contributed by atoms with Crippen molar-refractivity contribution < 1.29 is 4.52 Å². The first-order valence-electron chi connectivity index (χ1n) is 7.95. The van der Waals surface area contributed by atoms with Gasteiger partial charge in [-0.15, -0.1) is 0 Å². The molecule has 0 spiro atoms. The maximum absolute atomic E-state index is 8.48. The second-order valence-corrected chi connectivity index (χ2v) is 6.10. The van der Waals surface area contributed by atoms with Crippen LogP contribution in [0.1, 0.15) is 30.7 Å². The van der Waals surface area contributed by atoms with E-state index < -0.39 is 0 Å². The third-order valence-electron chi connectivity index (χ3n) is 3.65. The Kier molecular flexibility index (Phi) is 4.47. The van der Waals surface area contributed by atoms with Crippen LogP contribution in [-0.2, 0) is 0 Å². The molecule has 7 heteroatoms. The summed E-state index contributed by atoms with van der Waals surface area (Å²) in [5.74, 6) is 1.32. The number of aryl methyl sites for hydroxylation is 1. The number of nitrogen functional groups attached to an aromatic ring is 1. The van der Waals surface area contributed by atoms with Gasteiger partial charge in [0.15, 0.2) is 5.76 Å². The quantitative estimate of drug-likeness (QED) is 0.616. The van der Waals surface area contributed by atoms with E-state index in [1.807, 2.05) is 45.0 Å². The molecule has 0 aliphatic rings. The van der Waals surface area contributed by atoms with Gasteiger partial charge in [0.1, 0.15) is 23.7 Å². The SMILES string of the molecule is Cc1ccc(-c2cc(C(=N)c3c(N)ncnc3NC(C)C)no2)cc1. The monoisotopic (exact) mass is 336 g/mol. The van der Waals surface area contributed by atoms with Gasteiger partial charge < -0.3 is 15.6 Å². The maximum Gasteiger partial charge on any atom is 0.167 e. The Morgan fingerprint density at radius 2 is 1.92 bits per heavy atom. The number of benzene rings is 1. The Morgan fingerprint density at radius 1 is 1.20 bits per heavy atom. The van der Waals surface area contributed by atoms with Crippen LogP contribution >= 0.6 is 0 Å². The molecule has 0 aliphatic heterocycles. The fraction of sp³-hybridized carbons (Fsp3) is 0.222. The molecule has 25 heavy (non-hydrogen) atoms. The summed E-state index contributed by atoms with van der Waals surface area (Å²) in [7, 11) is 0. The van der Waals surface area contributed by atoms with Crippen LogP contribution in [0.3, 0.4) is 0 Å². The molecule has 4 N–H and O–H groups in total. The van der Waals surface area contributed by atoms with E-state index in [9.17, 15) is 0 Å². The maximum atomic E-state index is 8.48. The summed E-state index contributed by atoms with van der Waals surface area (Å²) >= 11 is 0. The van der Waals surface area contributed by atoms with Crippen molar-refractivity contribution in [1.82, 2.24) is 15.1 Å². The molecule has 2 heterocycles. The molecule has 0 bridgehead atoms. The molecule has 0 radical (unpaired) electrons. The predicted octanol–water partition coefficient (Wildman–Crippen LogP) is 3.26. The normalized spacial score (nSPS) is 10.9. The first kappa shape index (κ1) is 16.6. The average Bonchev–Trinajstić information content (AvgIpc) is 3.04. The van der Waals surface area contributed by atoms with Crippen LogP contribution in [0.25, 0.3) is 11.3 Å². The summed E-state index contributed by atoms with van der Waals surface area (Å²) in [4.78, 5) is 8.20. The smallest absolute Gasteiger partial charge is 0.167 e. The molecule has 0 unspecified atom stereocenters. The van der Waals surface area contributed by atoms with Crippen LogP contribution in [0.15, 0.2) is 41.2 Å². The molecular formula is C18H20N6O. The van der Waals surface area contributed by atoms with Crippen molar-refractivity contribution in [3.05, 3.63) is 53.5 Å². The first-order chi connectivity index (χ1) is 12.0. The number of anilines is 2. The third-order valence-corrected chi connectivity index (χ3v) is 3.65. The van der Waals surface area contributed by atoms with E-state index in [1.165, 1.54) is 6.33 Å². The Balaban J connectivity index is 1.96. The van der Waals surface area contributed by atoms with Gasteiger partial charge in [0.2, 0.25) is 0 Å². The molecule has 2 aromatic heterocycles. The van der Waals surface area contributed by atoms with E-state index in [0.717, 1.165) is 11.1 Å². The lowest BCUT2D eigenvalue weighted by molar-refractivity contribution is 0.431. The molecule has 0 saturated heterocycles. The number of rotatable bonds is 5. The number of hydrogen-bond acceptors (Lipinski definition) is 7. The van der Waals surface area contributed by atoms with Crippen molar-refractivity contribution in [3.8, 4) is 11.3 Å². The highest BCUT2D eigenvalue weighted by Gasteiger charge is 2.20. The molecule has 0 aliphatic carbocycles. The van der Waals surface area contributed by atoms with Gasteiger partial charge in [-0.3, -0.25) is 5.41 Å². The summed E-state index contributed by atoms with van der Waals surface area (Å²) in [5, 5.41) is 15.7. The highest BCUT2D eigenvalue weighted by atomic mass is 16.5. The standard InChI is InChI=1S/C18H20N6O/c1-10(2)23-18-15(17(20)21-9-22-18)16(19)13-8-14(25-24-13)12-6-4-11(3)5-7-12/h4-10,19H,1-3H3,(H3,20,21,22,23). The summed E-state index contributed by atoms with van der Waals surface area (Å²) in [6.07, 6.45) is 1.37. The molecule has 128 valence electrons. The highest BCUT2D eigenvalue weighted by molar-refractivity contribution is 6.15. The van der Waals surface area contributed by atoms with Crippen LogP contribution in [0.2, 0.25) is 0 Å². The fourth-order valence-corrected chi connectivity index (χ4v) is 2.40. The minimum Gasteiger partial charge on any atom is -0.383 e. The summed E-state index contributed by atoms with van der Waals surface area (Å²) in [5.41, 5.74) is 8.95. The van der Waals surface area contributed by atoms with Crippen molar-refractivity contribution in [3.63, 3.8) is 0 Å². The van der Waals surface area contributed by atoms with Gasteiger partial charge in [0.25, 0.3) is 0 Å². The van der Waals surface area contributed by atoms with E-state index in [4.69, 9.17) is 15.7 Å². The highest BCUT2D eigenvalue weighted by Crippen LogP contribution is 2.25. The van der Waals surface area contributed by atoms with E-state index >= 15 is 0 Å². The molecule has 0 saturated carbocycles. The number of nitrogens with two attached hydrogens (primary N) is 1. The van der Waals surface area contributed by atoms with Gasteiger partial charge in [-0.1, -0.05) is 35.0 Å². The lowest BCUT2D eigenvalue weighted by Crippen LogP contribution is -2.18. The van der Waals surface area contributed by atoms with E-state index in [1.54, 1.807) is 6.07 Å². The minimum absolute atomic E-state index is 0.114. The van der Waals surface area contributed by atoms with E-state index in [-0.39, 0.29) is 17.6 Å². The van der Waals surface area contributed by atoms with Gasteiger partial charge in [-0.05, 0) is 20.8 Å². The molecule has 0 fully saturated rings. The first-order valence-corrected chi connectivity index (χ1v) is 7.95. The zero-order chi connectivity index (χ0) is 18.0. The van der Waals surface area contributed by atoms with Crippen LogP contribution in [0, 0.1) is 12.3 Å². The zero-order valence-corrected chi connectivity index (χ0v) is 14.4. The molecule has 1 aromatic carbocycles. The van der Waals surface area contributed by atoms with Crippen LogP contribution in [-0.4, -0.2) is 26.9 Å². The van der Waals surface area contributed by atoms with Crippen molar-refractivity contribution >= 4 is 17.3 Å². The lowest BCUT2D eigenvalue weighted by atomic mass is 10.1. The summed E-state index contributed by atoms with van der Waals surface area (Å²) in [6, 6.07) is 9.76. The number of nitrogens with one attached hydrogen (secondary N) is 2. The Hall–Kier alpha value is -3.22. The molecule has 3 aromatic rings. The molecule has 0 atom stereocenters. The second-order valence-electron chi connectivity index (χ2n) is 6.10. The number of aromatic nitrogens is 3. The van der Waals surface area contributed by atoms with Gasteiger partial charge in [0, 0.05) is 17.7 Å². The molecule has 7 nitrogen and oxygen atoms in total. The molecule has 3 rings (SSSR count). The zero-order valence-electron chi connectivity index (χ0n) is 14.4. The van der Waals surface area contributed by atoms with Gasteiger partial charge in [-0.25, -0.2) is 9.97 Å². The number of nitrogens with zero attached hydrogens (tertiary/aromatic N) is 3. The van der Waals surface area contributed by atoms with Crippen molar-refractivity contribution in [1.29, 1.82) is 5.41 Å². The predicted molar refractivity (Wildman–Crippen MR) is 97.8 cm³/mol. The van der Waals surface area contributed by atoms with Crippen molar-refractivity contribution in [2.45, 2.75) is 26.8 Å². The van der Waals surface area contributed by atoms with Gasteiger partial charge >= 0.3 is 0 Å². The minimum atomic E-state index is 0.114. The van der Waals surface area contributed by atoms with Crippen molar-refractivity contribution in [2.75, 3.05) is 11.1 Å². The van der Waals surface area contributed by atoms with Gasteiger partial charge in [0.05, 0.1) is 11.3 Å². The summed E-state index contributed by atoms with van der Waals surface area (Å²) in [6.45, 7) is 5.99. The topological polar surface area (TPSA) is 114 Å². The molecule has 0 amide bonds. The van der Waals surface area contributed by atoms with Crippen LogP contribution in [0.4, 0.5) is 11.6 Å². The average molecular weight is 336 g/mol. The van der Waals surface area contributed by atoms with Crippen molar-refractivity contribution in [2.24, 2.45) is 0 Å². The van der Waals surface area contributed by atoms with E-state index in [2.05, 4.69) is 20.4 Å². The van der Waals surface area contributed by atoms with Gasteiger partial charge in [-0.2, -0.15) is 0 Å². The Labute approximate surface area is 145 Å². The number of hydrogen-bond donors (Lipinski definition) is 3. The summed E-state index contributed by atoms with van der Waals surface area (Å²) < 4.78 is 5.40. The largest absolute Gasteiger partial charge is 0.383 e. The van der Waals surface area contributed by atoms with Crippen LogP contribution in [0.5, 0.6) is 0 Å². The third kappa shape index (κ3) is 3.50. The second kappa shape index (κ2) is 6.72. The lowest BCUT2D eigenvalue weighted by Gasteiger charge is -2.14. The fourth-order valence-electron chi connectivity index (χ4n) is 2.40. The Bertz CT molecular complexity index is 898. The van der Waals surface area contributed by atoms with E-state index in [0.29, 0.717) is 22.8 Å². The Morgan fingerprint density at radius 3 is 2.60 bits per heavy atom. The molecular weight excluding hydrogens is 316 g/mol.